The molecule has 2 heteroatoms. The SMILES string of the molecule is [CH2]Cc1ccc(C(C)=O)cc1C(C)=O. The van der Waals surface area contributed by atoms with E-state index in [2.05, 4.69) is 6.92 Å². The predicted octanol–water partition coefficient (Wildman–Crippen LogP) is 2.47. The van der Waals surface area contributed by atoms with Crippen LogP contribution in [0.2, 0.25) is 0 Å². The Bertz CT molecular complexity index is 378. The van der Waals surface area contributed by atoms with Crippen LogP contribution in [0.15, 0.2) is 18.2 Å². The maximum Gasteiger partial charge on any atom is 0.160 e. The van der Waals surface area contributed by atoms with E-state index in [9.17, 15) is 9.59 Å². The van der Waals surface area contributed by atoms with Crippen LogP contribution in [0.4, 0.5) is 0 Å². The Kier molecular flexibility index (Phi) is 3.18. The van der Waals surface area contributed by atoms with E-state index in [-0.39, 0.29) is 11.6 Å². The summed E-state index contributed by atoms with van der Waals surface area (Å²) in [5, 5.41) is 0. The van der Waals surface area contributed by atoms with Gasteiger partial charge < -0.3 is 0 Å². The van der Waals surface area contributed by atoms with E-state index in [1.807, 2.05) is 0 Å². The molecule has 0 aliphatic carbocycles. The summed E-state index contributed by atoms with van der Waals surface area (Å²) in [6, 6.07) is 5.17. The van der Waals surface area contributed by atoms with Crippen molar-refractivity contribution in [2.24, 2.45) is 0 Å². The molecular weight excluding hydrogens is 176 g/mol. The van der Waals surface area contributed by atoms with Crippen molar-refractivity contribution in [3.63, 3.8) is 0 Å². The highest BCUT2D eigenvalue weighted by atomic mass is 16.1. The maximum atomic E-state index is 11.3. The molecular formula is C12H13O2. The van der Waals surface area contributed by atoms with Gasteiger partial charge in [-0.15, -0.1) is 0 Å². The van der Waals surface area contributed by atoms with Gasteiger partial charge in [0.15, 0.2) is 11.6 Å². The number of Topliss-reactive ketones (excluding diaryl/α,β-unsaturated/α-hetero) is 2. The van der Waals surface area contributed by atoms with Crippen molar-refractivity contribution in [2.75, 3.05) is 0 Å². The molecule has 0 heterocycles. The van der Waals surface area contributed by atoms with Gasteiger partial charge in [0.2, 0.25) is 0 Å². The van der Waals surface area contributed by atoms with Crippen LogP contribution >= 0.6 is 0 Å². The van der Waals surface area contributed by atoms with E-state index in [1.54, 1.807) is 18.2 Å². The zero-order valence-corrected chi connectivity index (χ0v) is 8.46. The summed E-state index contributed by atoms with van der Waals surface area (Å²) < 4.78 is 0. The first kappa shape index (κ1) is 10.6. The number of hydrogen-bond acceptors (Lipinski definition) is 2. The molecule has 0 fully saturated rings. The molecule has 0 saturated heterocycles. The molecule has 2 nitrogen and oxygen atoms in total. The molecule has 1 radical (unpaired) electrons. The Hall–Kier alpha value is -1.44. The molecule has 0 bridgehead atoms. The smallest absolute Gasteiger partial charge is 0.160 e. The van der Waals surface area contributed by atoms with Crippen LogP contribution in [0, 0.1) is 6.92 Å². The molecule has 1 aromatic carbocycles. The van der Waals surface area contributed by atoms with Crippen LogP contribution in [-0.4, -0.2) is 11.6 Å². The van der Waals surface area contributed by atoms with E-state index < -0.39 is 0 Å². The van der Waals surface area contributed by atoms with Gasteiger partial charge >= 0.3 is 0 Å². The van der Waals surface area contributed by atoms with Gasteiger partial charge in [0.25, 0.3) is 0 Å². The van der Waals surface area contributed by atoms with Crippen LogP contribution in [0.1, 0.15) is 40.1 Å². The number of hydrogen-bond donors (Lipinski definition) is 0. The average Bonchev–Trinajstić information content (AvgIpc) is 2.16. The third kappa shape index (κ3) is 2.08. The molecule has 0 aliphatic rings. The molecule has 1 aromatic rings. The minimum atomic E-state index is -0.0249. The zero-order valence-electron chi connectivity index (χ0n) is 8.46. The fourth-order valence-electron chi connectivity index (χ4n) is 1.34. The molecule has 1 rings (SSSR count). The molecule has 14 heavy (non-hydrogen) atoms. The minimum Gasteiger partial charge on any atom is -0.295 e. The quantitative estimate of drug-likeness (QED) is 0.684. The Morgan fingerprint density at radius 1 is 1.21 bits per heavy atom. The standard InChI is InChI=1S/C12H13O2/c1-4-10-5-6-11(8(2)13)7-12(10)9(3)14/h5-7H,1,4H2,2-3H3. The number of rotatable bonds is 3. The lowest BCUT2D eigenvalue weighted by Crippen LogP contribution is -2.02. The van der Waals surface area contributed by atoms with E-state index >= 15 is 0 Å². The third-order valence-corrected chi connectivity index (χ3v) is 2.17. The van der Waals surface area contributed by atoms with Crippen molar-refractivity contribution in [3.05, 3.63) is 41.8 Å². The number of ketones is 2. The largest absolute Gasteiger partial charge is 0.295 e. The van der Waals surface area contributed by atoms with Crippen LogP contribution in [-0.2, 0) is 6.42 Å². The van der Waals surface area contributed by atoms with Crippen molar-refractivity contribution >= 4 is 11.6 Å². The van der Waals surface area contributed by atoms with Gasteiger partial charge in [0.05, 0.1) is 0 Å². The second-order valence-corrected chi connectivity index (χ2v) is 3.23. The lowest BCUT2D eigenvalue weighted by molar-refractivity contribution is 0.101. The minimum absolute atomic E-state index is 0.0215. The van der Waals surface area contributed by atoms with Crippen molar-refractivity contribution in [2.45, 2.75) is 20.3 Å². The fourth-order valence-corrected chi connectivity index (χ4v) is 1.34. The molecule has 0 spiro atoms. The van der Waals surface area contributed by atoms with Gasteiger partial charge in [-0.2, -0.15) is 0 Å². The van der Waals surface area contributed by atoms with Gasteiger partial charge in [-0.05, 0) is 38.8 Å². The molecule has 0 saturated carbocycles. The summed E-state index contributed by atoms with van der Waals surface area (Å²) >= 11 is 0. The van der Waals surface area contributed by atoms with Crippen LogP contribution in [0.3, 0.4) is 0 Å². The Morgan fingerprint density at radius 2 is 1.86 bits per heavy atom. The Labute approximate surface area is 83.9 Å². The van der Waals surface area contributed by atoms with Gasteiger partial charge in [0.1, 0.15) is 0 Å². The van der Waals surface area contributed by atoms with Crippen molar-refractivity contribution in [1.82, 2.24) is 0 Å². The molecule has 0 atom stereocenters. The summed E-state index contributed by atoms with van der Waals surface area (Å²) in [6.07, 6.45) is 0.563. The summed E-state index contributed by atoms with van der Waals surface area (Å²) in [5.74, 6) is -0.0464. The van der Waals surface area contributed by atoms with E-state index in [0.717, 1.165) is 5.56 Å². The lowest BCUT2D eigenvalue weighted by atomic mass is 9.98. The summed E-state index contributed by atoms with van der Waals surface area (Å²) in [5.41, 5.74) is 2.07. The van der Waals surface area contributed by atoms with Crippen LogP contribution < -0.4 is 0 Å². The van der Waals surface area contributed by atoms with Gasteiger partial charge in [-0.25, -0.2) is 0 Å². The highest BCUT2D eigenvalue weighted by Crippen LogP contribution is 2.14. The second-order valence-electron chi connectivity index (χ2n) is 3.23. The zero-order chi connectivity index (χ0) is 10.7. The summed E-state index contributed by atoms with van der Waals surface area (Å²) in [4.78, 5) is 22.4. The van der Waals surface area contributed by atoms with Gasteiger partial charge in [-0.3, -0.25) is 9.59 Å². The Balaban J connectivity index is 3.27. The average molecular weight is 189 g/mol. The number of benzene rings is 1. The molecule has 73 valence electrons. The highest BCUT2D eigenvalue weighted by molar-refractivity contribution is 6.00. The van der Waals surface area contributed by atoms with E-state index in [4.69, 9.17) is 0 Å². The van der Waals surface area contributed by atoms with Crippen molar-refractivity contribution < 1.29 is 9.59 Å². The molecule has 0 aliphatic heterocycles. The topological polar surface area (TPSA) is 34.1 Å². The number of carbonyl (C=O) groups excluding carboxylic acids is 2. The normalized spacial score (nSPS) is 9.93. The first-order valence-corrected chi connectivity index (χ1v) is 4.50. The number of carbonyl (C=O) groups is 2. The lowest BCUT2D eigenvalue weighted by Gasteiger charge is -2.05. The highest BCUT2D eigenvalue weighted by Gasteiger charge is 2.08. The van der Waals surface area contributed by atoms with Gasteiger partial charge in [0, 0.05) is 11.1 Å². The summed E-state index contributed by atoms with van der Waals surface area (Å²) in [7, 11) is 0. The van der Waals surface area contributed by atoms with E-state index in [1.165, 1.54) is 13.8 Å². The predicted molar refractivity (Wildman–Crippen MR) is 55.5 cm³/mol. The molecule has 0 N–H and O–H groups in total. The van der Waals surface area contributed by atoms with Crippen molar-refractivity contribution in [3.8, 4) is 0 Å². The summed E-state index contributed by atoms with van der Waals surface area (Å²) in [6.45, 7) is 6.72. The van der Waals surface area contributed by atoms with Crippen molar-refractivity contribution in [1.29, 1.82) is 0 Å². The van der Waals surface area contributed by atoms with Crippen LogP contribution in [0.25, 0.3) is 0 Å². The van der Waals surface area contributed by atoms with Crippen LogP contribution in [0.5, 0.6) is 0 Å². The molecule has 0 unspecified atom stereocenters. The van der Waals surface area contributed by atoms with E-state index in [0.29, 0.717) is 17.5 Å². The Morgan fingerprint density at radius 3 is 2.29 bits per heavy atom. The monoisotopic (exact) mass is 189 g/mol. The van der Waals surface area contributed by atoms with Gasteiger partial charge in [-0.1, -0.05) is 12.1 Å². The maximum absolute atomic E-state index is 11.3. The first-order chi connectivity index (χ1) is 6.56. The third-order valence-electron chi connectivity index (χ3n) is 2.17. The fraction of sp³-hybridized carbons (Fsp3) is 0.250. The second kappa shape index (κ2) is 4.18. The molecule has 0 amide bonds. The molecule has 0 aromatic heterocycles. The first-order valence-electron chi connectivity index (χ1n) is 4.50.